The fourth-order valence-electron chi connectivity index (χ4n) is 2.37. The van der Waals surface area contributed by atoms with Gasteiger partial charge in [-0.15, -0.1) is 0 Å². The van der Waals surface area contributed by atoms with E-state index in [1.807, 2.05) is 0 Å². The van der Waals surface area contributed by atoms with Crippen LogP contribution in [0.4, 0.5) is 0 Å². The van der Waals surface area contributed by atoms with Gasteiger partial charge in [0.05, 0.1) is 0 Å². The van der Waals surface area contributed by atoms with E-state index in [-0.39, 0.29) is 0 Å². The van der Waals surface area contributed by atoms with Crippen LogP contribution in [0.1, 0.15) is 51.4 Å². The van der Waals surface area contributed by atoms with E-state index in [0.717, 1.165) is 51.4 Å². The molecule has 0 spiro atoms. The fourth-order valence-corrected chi connectivity index (χ4v) is 2.37. The second kappa shape index (κ2) is 4.07. The van der Waals surface area contributed by atoms with E-state index in [1.54, 1.807) is 0 Å². The van der Waals surface area contributed by atoms with Crippen molar-refractivity contribution >= 4 is 11.6 Å². The Kier molecular flexibility index (Phi) is 2.80. The standard InChI is InChI=1S/C12H16O2/c13-11-5-1-9(2-6-11)10-3-7-12(14)8-4-10/h1-8H2. The molecule has 2 aliphatic carbocycles. The van der Waals surface area contributed by atoms with Crippen molar-refractivity contribution in [1.29, 1.82) is 0 Å². The first-order valence-electron chi connectivity index (χ1n) is 5.49. The van der Waals surface area contributed by atoms with Crippen molar-refractivity contribution < 1.29 is 9.59 Å². The SMILES string of the molecule is O=C1CCC(=C2CCC(=O)CC2)CC1. The zero-order chi connectivity index (χ0) is 9.97. The minimum absolute atomic E-state index is 0.404. The number of carbonyl (C=O) groups excluding carboxylic acids is 2. The van der Waals surface area contributed by atoms with E-state index in [0.29, 0.717) is 11.6 Å². The molecule has 2 aliphatic rings. The molecule has 0 aliphatic heterocycles. The van der Waals surface area contributed by atoms with E-state index >= 15 is 0 Å². The van der Waals surface area contributed by atoms with Gasteiger partial charge in [-0.25, -0.2) is 0 Å². The Bertz CT molecular complexity index is 245. The van der Waals surface area contributed by atoms with Gasteiger partial charge in [0.1, 0.15) is 11.6 Å². The minimum atomic E-state index is 0.404. The number of hydrogen-bond acceptors (Lipinski definition) is 2. The third-order valence-electron chi connectivity index (χ3n) is 3.32. The molecule has 0 aromatic rings. The zero-order valence-electron chi connectivity index (χ0n) is 8.47. The lowest BCUT2D eigenvalue weighted by molar-refractivity contribution is -0.120. The Morgan fingerprint density at radius 1 is 0.500 bits per heavy atom. The number of carbonyl (C=O) groups is 2. The third kappa shape index (κ3) is 2.11. The van der Waals surface area contributed by atoms with E-state index in [9.17, 15) is 9.59 Å². The molecule has 2 saturated carbocycles. The monoisotopic (exact) mass is 192 g/mol. The molecule has 0 N–H and O–H groups in total. The molecule has 0 unspecified atom stereocenters. The number of rotatable bonds is 0. The second-order valence-electron chi connectivity index (χ2n) is 4.28. The molecule has 2 rings (SSSR count). The van der Waals surface area contributed by atoms with Gasteiger partial charge in [0.15, 0.2) is 0 Å². The molecule has 14 heavy (non-hydrogen) atoms. The van der Waals surface area contributed by atoms with Gasteiger partial charge in [0.2, 0.25) is 0 Å². The van der Waals surface area contributed by atoms with Gasteiger partial charge < -0.3 is 0 Å². The highest BCUT2D eigenvalue weighted by Gasteiger charge is 2.19. The molecule has 0 aromatic carbocycles. The van der Waals surface area contributed by atoms with Crippen molar-refractivity contribution in [2.45, 2.75) is 51.4 Å². The molecule has 0 radical (unpaired) electrons. The van der Waals surface area contributed by atoms with Crippen molar-refractivity contribution in [3.05, 3.63) is 11.1 Å². The second-order valence-corrected chi connectivity index (χ2v) is 4.28. The van der Waals surface area contributed by atoms with Crippen LogP contribution >= 0.6 is 0 Å². The molecular weight excluding hydrogens is 176 g/mol. The summed E-state index contributed by atoms with van der Waals surface area (Å²) in [7, 11) is 0. The van der Waals surface area contributed by atoms with E-state index in [4.69, 9.17) is 0 Å². The van der Waals surface area contributed by atoms with Crippen molar-refractivity contribution in [2.75, 3.05) is 0 Å². The Morgan fingerprint density at radius 3 is 1.07 bits per heavy atom. The van der Waals surface area contributed by atoms with Crippen LogP contribution in [-0.4, -0.2) is 11.6 Å². The van der Waals surface area contributed by atoms with Crippen LogP contribution in [0, 0.1) is 0 Å². The molecule has 0 aromatic heterocycles. The molecule has 76 valence electrons. The van der Waals surface area contributed by atoms with Crippen LogP contribution in [0.15, 0.2) is 11.1 Å². The van der Waals surface area contributed by atoms with Crippen LogP contribution in [0.5, 0.6) is 0 Å². The molecule has 2 nitrogen and oxygen atoms in total. The third-order valence-corrected chi connectivity index (χ3v) is 3.32. The van der Waals surface area contributed by atoms with Crippen LogP contribution in [0.2, 0.25) is 0 Å². The van der Waals surface area contributed by atoms with Gasteiger partial charge >= 0.3 is 0 Å². The number of hydrogen-bond donors (Lipinski definition) is 0. The number of ketones is 2. The normalized spacial score (nSPS) is 24.3. The highest BCUT2D eigenvalue weighted by Crippen LogP contribution is 2.31. The zero-order valence-corrected chi connectivity index (χ0v) is 8.47. The summed E-state index contributed by atoms with van der Waals surface area (Å²) in [5.41, 5.74) is 2.97. The van der Waals surface area contributed by atoms with Gasteiger partial charge in [0.25, 0.3) is 0 Å². The van der Waals surface area contributed by atoms with Crippen molar-refractivity contribution in [2.24, 2.45) is 0 Å². The lowest BCUT2D eigenvalue weighted by Gasteiger charge is -2.21. The number of Topliss-reactive ketones (excluding diaryl/α,β-unsaturated/α-hetero) is 2. The summed E-state index contributed by atoms with van der Waals surface area (Å²) in [6.45, 7) is 0. The smallest absolute Gasteiger partial charge is 0.133 e. The maximum Gasteiger partial charge on any atom is 0.133 e. The van der Waals surface area contributed by atoms with Crippen LogP contribution in [-0.2, 0) is 9.59 Å². The lowest BCUT2D eigenvalue weighted by atomic mass is 9.83. The van der Waals surface area contributed by atoms with Gasteiger partial charge in [-0.1, -0.05) is 11.1 Å². The van der Waals surface area contributed by atoms with Crippen LogP contribution in [0.3, 0.4) is 0 Å². The summed E-state index contributed by atoms with van der Waals surface area (Å²) in [6.07, 6.45) is 6.76. The summed E-state index contributed by atoms with van der Waals surface area (Å²) in [6, 6.07) is 0. The average Bonchev–Trinajstić information content (AvgIpc) is 2.21. The predicted molar refractivity (Wildman–Crippen MR) is 54.0 cm³/mol. The molecule has 2 fully saturated rings. The molecule has 0 heterocycles. The first-order valence-corrected chi connectivity index (χ1v) is 5.49. The predicted octanol–water partition coefficient (Wildman–Crippen LogP) is 2.57. The summed E-state index contributed by atoms with van der Waals surface area (Å²) in [5, 5.41) is 0. The Morgan fingerprint density at radius 2 is 0.786 bits per heavy atom. The molecule has 0 amide bonds. The van der Waals surface area contributed by atoms with Gasteiger partial charge in [-0.2, -0.15) is 0 Å². The quantitative estimate of drug-likeness (QED) is 0.553. The fraction of sp³-hybridized carbons (Fsp3) is 0.667. The van der Waals surface area contributed by atoms with E-state index in [1.165, 1.54) is 11.1 Å². The van der Waals surface area contributed by atoms with Gasteiger partial charge in [0, 0.05) is 25.7 Å². The maximum absolute atomic E-state index is 11.1. The lowest BCUT2D eigenvalue weighted by Crippen LogP contribution is -2.12. The molecule has 2 heteroatoms. The maximum atomic E-state index is 11.1. The van der Waals surface area contributed by atoms with Crippen LogP contribution < -0.4 is 0 Å². The van der Waals surface area contributed by atoms with Gasteiger partial charge in [-0.05, 0) is 25.7 Å². The molecule has 0 bridgehead atoms. The largest absolute Gasteiger partial charge is 0.300 e. The molecule has 0 atom stereocenters. The minimum Gasteiger partial charge on any atom is -0.300 e. The topological polar surface area (TPSA) is 34.1 Å². The van der Waals surface area contributed by atoms with Crippen molar-refractivity contribution in [3.63, 3.8) is 0 Å². The Hall–Kier alpha value is -0.920. The summed E-state index contributed by atoms with van der Waals surface area (Å²) < 4.78 is 0. The highest BCUT2D eigenvalue weighted by molar-refractivity contribution is 5.81. The first-order chi connectivity index (χ1) is 6.75. The average molecular weight is 192 g/mol. The summed E-state index contributed by atoms with van der Waals surface area (Å²) in [4.78, 5) is 22.1. The van der Waals surface area contributed by atoms with Crippen LogP contribution in [0.25, 0.3) is 0 Å². The van der Waals surface area contributed by atoms with E-state index < -0.39 is 0 Å². The highest BCUT2D eigenvalue weighted by atomic mass is 16.1. The van der Waals surface area contributed by atoms with Crippen molar-refractivity contribution in [1.82, 2.24) is 0 Å². The summed E-state index contributed by atoms with van der Waals surface area (Å²) >= 11 is 0. The Labute approximate surface area is 84.4 Å². The number of allylic oxidation sites excluding steroid dienone is 2. The Balaban J connectivity index is 2.01. The first kappa shape index (κ1) is 9.63. The van der Waals surface area contributed by atoms with Gasteiger partial charge in [-0.3, -0.25) is 9.59 Å². The van der Waals surface area contributed by atoms with E-state index in [2.05, 4.69) is 0 Å². The summed E-state index contributed by atoms with van der Waals surface area (Å²) in [5.74, 6) is 0.808. The molecular formula is C12H16O2. The van der Waals surface area contributed by atoms with Crippen molar-refractivity contribution in [3.8, 4) is 0 Å². The molecule has 0 saturated heterocycles.